The van der Waals surface area contributed by atoms with E-state index in [0.717, 1.165) is 12.8 Å². The molecule has 12 nitrogen and oxygen atoms in total. The number of amidine groups is 1. The van der Waals surface area contributed by atoms with Gasteiger partial charge in [-0.15, -0.1) is 0 Å². The summed E-state index contributed by atoms with van der Waals surface area (Å²) in [6.07, 6.45) is 5.71. The molecule has 5 aliphatic rings. The van der Waals surface area contributed by atoms with E-state index in [1.165, 1.54) is 14.0 Å². The molecule has 3 aliphatic carbocycles. The highest BCUT2D eigenvalue weighted by Crippen LogP contribution is 2.62. The number of nitrogens with one attached hydrogen (secondary N) is 1. The molecule has 2 aliphatic heterocycles. The van der Waals surface area contributed by atoms with Crippen LogP contribution in [0.15, 0.2) is 9.59 Å². The number of rotatable bonds is 6. The molecule has 39 heavy (non-hydrogen) atoms. The molecule has 4 N–H and O–H groups in total. The molecule has 2 spiro atoms. The molecule has 2 saturated heterocycles. The van der Waals surface area contributed by atoms with Crippen LogP contribution in [0.1, 0.15) is 69.9 Å². The fourth-order valence-corrected chi connectivity index (χ4v) is 7.76. The summed E-state index contributed by atoms with van der Waals surface area (Å²) in [6.45, 7) is 4.11. The van der Waals surface area contributed by atoms with Gasteiger partial charge < -0.3 is 20.5 Å². The first kappa shape index (κ1) is 26.1. The summed E-state index contributed by atoms with van der Waals surface area (Å²) in [7, 11) is 1.55. The standard InChI is InChI=1S/C27H38N6O6/c1-15-3-4-17(15)10-31-21(34)19(20(28)29)22(35)33(25(31)38)18-5-7-26(8-6-18)13-27(14-26)23(36)30(2)24(37)32(27)9-16-11-39-12-16/h15-18,34H,3-14H2,1-2H3,(H3,28,29). The van der Waals surface area contributed by atoms with Gasteiger partial charge in [0.2, 0.25) is 5.88 Å². The van der Waals surface area contributed by atoms with Crippen molar-refractivity contribution in [1.29, 1.82) is 5.41 Å². The first-order valence-electron chi connectivity index (χ1n) is 14.1. The molecule has 2 unspecified atom stereocenters. The van der Waals surface area contributed by atoms with Crippen LogP contribution in [0.25, 0.3) is 0 Å². The quantitative estimate of drug-likeness (QED) is 0.276. The van der Waals surface area contributed by atoms with Crippen molar-refractivity contribution in [3.63, 3.8) is 0 Å². The van der Waals surface area contributed by atoms with Crippen LogP contribution in [0.5, 0.6) is 5.88 Å². The highest BCUT2D eigenvalue weighted by atomic mass is 16.5. The summed E-state index contributed by atoms with van der Waals surface area (Å²) in [6, 6.07) is -0.632. The number of likely N-dealkylation sites (N-methyl/N-ethyl adjacent to an activating group) is 1. The van der Waals surface area contributed by atoms with Gasteiger partial charge in [0.05, 0.1) is 13.2 Å². The predicted molar refractivity (Wildman–Crippen MR) is 141 cm³/mol. The molecule has 1 aromatic heterocycles. The minimum atomic E-state index is -0.808. The Morgan fingerprint density at radius 2 is 1.74 bits per heavy atom. The van der Waals surface area contributed by atoms with Crippen LogP contribution in [0, 0.1) is 28.6 Å². The van der Waals surface area contributed by atoms with Crippen molar-refractivity contribution in [2.75, 3.05) is 26.8 Å². The van der Waals surface area contributed by atoms with E-state index in [2.05, 4.69) is 6.92 Å². The van der Waals surface area contributed by atoms with Crippen molar-refractivity contribution in [1.82, 2.24) is 18.9 Å². The largest absolute Gasteiger partial charge is 0.494 e. The van der Waals surface area contributed by atoms with Crippen molar-refractivity contribution >= 4 is 17.8 Å². The maximum absolute atomic E-state index is 13.6. The molecule has 12 heteroatoms. The normalized spacial score (nSPS) is 34.4. The molecule has 1 aromatic rings. The summed E-state index contributed by atoms with van der Waals surface area (Å²) in [5.41, 5.74) is 3.16. The molecule has 3 heterocycles. The molecule has 6 rings (SSSR count). The Bertz CT molecular complexity index is 1350. The Hall–Kier alpha value is -3.15. The number of hydrogen-bond donors (Lipinski definition) is 3. The van der Waals surface area contributed by atoms with E-state index in [0.29, 0.717) is 64.2 Å². The van der Waals surface area contributed by atoms with E-state index in [-0.39, 0.29) is 47.3 Å². The number of nitrogens with zero attached hydrogens (tertiary/aromatic N) is 4. The first-order chi connectivity index (χ1) is 18.5. The number of carbonyl (C=O) groups excluding carboxylic acids is 2. The maximum Gasteiger partial charge on any atom is 0.334 e. The van der Waals surface area contributed by atoms with Crippen molar-refractivity contribution in [3.8, 4) is 5.88 Å². The van der Waals surface area contributed by atoms with Gasteiger partial charge in [0.25, 0.3) is 11.5 Å². The molecule has 0 bridgehead atoms. The highest BCUT2D eigenvalue weighted by Gasteiger charge is 2.68. The fourth-order valence-electron chi connectivity index (χ4n) is 7.76. The minimum absolute atomic E-state index is 0.129. The highest BCUT2D eigenvalue weighted by molar-refractivity contribution is 6.07. The number of urea groups is 1. The van der Waals surface area contributed by atoms with Crippen LogP contribution in [-0.2, 0) is 16.1 Å². The van der Waals surface area contributed by atoms with Crippen molar-refractivity contribution in [3.05, 3.63) is 26.4 Å². The number of carbonyl (C=O) groups is 2. The second-order valence-electron chi connectivity index (χ2n) is 12.8. The number of hydrogen-bond acceptors (Lipinski definition) is 7. The van der Waals surface area contributed by atoms with Gasteiger partial charge in [-0.2, -0.15) is 0 Å². The summed E-state index contributed by atoms with van der Waals surface area (Å²) in [5.74, 6) is -0.335. The summed E-state index contributed by atoms with van der Waals surface area (Å²) in [5, 5.41) is 18.7. The zero-order valence-corrected chi connectivity index (χ0v) is 22.6. The number of amides is 3. The average molecular weight is 543 g/mol. The van der Waals surface area contributed by atoms with E-state index in [1.807, 2.05) is 0 Å². The van der Waals surface area contributed by atoms with Gasteiger partial charge in [-0.05, 0) is 62.2 Å². The topological polar surface area (TPSA) is 164 Å². The van der Waals surface area contributed by atoms with Crippen molar-refractivity contribution < 1.29 is 19.4 Å². The smallest absolute Gasteiger partial charge is 0.334 e. The molecule has 5 fully saturated rings. The van der Waals surface area contributed by atoms with Gasteiger partial charge in [-0.25, -0.2) is 9.59 Å². The molecule has 0 aromatic carbocycles. The molecule has 0 radical (unpaired) electrons. The molecule has 3 amide bonds. The Labute approximate surface area is 226 Å². The zero-order valence-electron chi connectivity index (χ0n) is 22.6. The molecule has 212 valence electrons. The average Bonchev–Trinajstić information content (AvgIpc) is 3.01. The third-order valence-electron chi connectivity index (χ3n) is 10.4. The fraction of sp³-hybridized carbons (Fsp3) is 0.741. The minimum Gasteiger partial charge on any atom is -0.494 e. The molecule has 2 atom stereocenters. The third-order valence-corrected chi connectivity index (χ3v) is 10.4. The lowest BCUT2D eigenvalue weighted by Crippen LogP contribution is -2.65. The molecular formula is C27H38N6O6. The number of aromatic nitrogens is 2. The van der Waals surface area contributed by atoms with Crippen LogP contribution in [-0.4, -0.2) is 74.2 Å². The Morgan fingerprint density at radius 3 is 2.26 bits per heavy atom. The lowest BCUT2D eigenvalue weighted by molar-refractivity contribution is -0.152. The number of ether oxygens (including phenoxy) is 1. The number of imide groups is 1. The second-order valence-corrected chi connectivity index (χ2v) is 12.8. The lowest BCUT2D eigenvalue weighted by atomic mass is 9.51. The van der Waals surface area contributed by atoms with E-state index in [4.69, 9.17) is 15.9 Å². The SMILES string of the molecule is CC1CCC1Cn1c(O)c(C(=N)N)c(=O)n(C2CCC3(CC2)CC2(C3)C(=O)N(C)C(=O)N2CC2COC2)c1=O. The van der Waals surface area contributed by atoms with Gasteiger partial charge in [-0.3, -0.25) is 29.0 Å². The van der Waals surface area contributed by atoms with E-state index in [1.54, 1.807) is 11.9 Å². The first-order valence-corrected chi connectivity index (χ1v) is 14.1. The van der Waals surface area contributed by atoms with E-state index < -0.39 is 28.5 Å². The van der Waals surface area contributed by atoms with E-state index in [9.17, 15) is 24.3 Å². The van der Waals surface area contributed by atoms with Crippen LogP contribution in [0.4, 0.5) is 4.79 Å². The lowest BCUT2D eigenvalue weighted by Gasteiger charge is -2.58. The Balaban J connectivity index is 1.23. The van der Waals surface area contributed by atoms with Gasteiger partial charge >= 0.3 is 11.7 Å². The second kappa shape index (κ2) is 8.94. The van der Waals surface area contributed by atoms with Gasteiger partial charge in [0.15, 0.2) is 0 Å². The summed E-state index contributed by atoms with van der Waals surface area (Å²) < 4.78 is 7.70. The zero-order chi connectivity index (χ0) is 27.9. The monoisotopic (exact) mass is 542 g/mol. The van der Waals surface area contributed by atoms with E-state index >= 15 is 0 Å². The van der Waals surface area contributed by atoms with Crippen LogP contribution >= 0.6 is 0 Å². The van der Waals surface area contributed by atoms with Gasteiger partial charge in [0, 0.05) is 32.1 Å². The number of nitrogens with two attached hydrogens (primary N) is 1. The third kappa shape index (κ3) is 3.77. The van der Waals surface area contributed by atoms with Crippen LogP contribution in [0.2, 0.25) is 0 Å². The van der Waals surface area contributed by atoms with Crippen molar-refractivity contribution in [2.45, 2.75) is 76.4 Å². The Kier molecular flexibility index (Phi) is 5.98. The predicted octanol–water partition coefficient (Wildman–Crippen LogP) is 1.22. The number of nitrogen functional groups attached to an aromatic ring is 1. The van der Waals surface area contributed by atoms with Crippen molar-refractivity contribution in [2.24, 2.45) is 28.9 Å². The molecular weight excluding hydrogens is 504 g/mol. The van der Waals surface area contributed by atoms with Gasteiger partial charge in [0.1, 0.15) is 16.9 Å². The van der Waals surface area contributed by atoms with Crippen LogP contribution in [0.3, 0.4) is 0 Å². The van der Waals surface area contributed by atoms with Gasteiger partial charge in [-0.1, -0.05) is 13.3 Å². The maximum atomic E-state index is 13.6. The Morgan fingerprint density at radius 1 is 1.08 bits per heavy atom. The molecule has 3 saturated carbocycles. The summed E-state index contributed by atoms with van der Waals surface area (Å²) in [4.78, 5) is 56.0. The number of aromatic hydroxyl groups is 1. The van der Waals surface area contributed by atoms with Crippen LogP contribution < -0.4 is 17.0 Å². The summed E-state index contributed by atoms with van der Waals surface area (Å²) >= 11 is 0.